The number of anilines is 1. The number of ether oxygens (including phenoxy) is 1. The van der Waals surface area contributed by atoms with E-state index in [9.17, 15) is 4.39 Å². The third-order valence-electron chi connectivity index (χ3n) is 2.77. The lowest BCUT2D eigenvalue weighted by Gasteiger charge is -2.09. The molecule has 0 spiro atoms. The molecule has 0 aliphatic heterocycles. The minimum Gasteiger partial charge on any atom is -0.436 e. The van der Waals surface area contributed by atoms with Crippen molar-refractivity contribution >= 4 is 28.3 Å². The molecule has 100 valence electrons. The highest BCUT2D eigenvalue weighted by atomic mass is 35.5. The van der Waals surface area contributed by atoms with Crippen LogP contribution in [-0.2, 0) is 0 Å². The van der Waals surface area contributed by atoms with Gasteiger partial charge in [0.25, 0.3) is 5.88 Å². The summed E-state index contributed by atoms with van der Waals surface area (Å²) in [6.07, 6.45) is 0.968. The van der Waals surface area contributed by atoms with Crippen molar-refractivity contribution in [1.82, 2.24) is 9.97 Å². The monoisotopic (exact) mass is 289 g/mol. The van der Waals surface area contributed by atoms with Crippen molar-refractivity contribution in [2.45, 2.75) is 0 Å². The van der Waals surface area contributed by atoms with Gasteiger partial charge in [0.15, 0.2) is 0 Å². The normalized spacial score (nSPS) is 10.7. The fraction of sp³-hybridized carbons (Fsp3) is 0. The van der Waals surface area contributed by atoms with Crippen LogP contribution in [0.25, 0.3) is 10.8 Å². The van der Waals surface area contributed by atoms with Gasteiger partial charge < -0.3 is 10.5 Å². The molecule has 0 radical (unpaired) electrons. The van der Waals surface area contributed by atoms with E-state index in [-0.39, 0.29) is 11.8 Å². The van der Waals surface area contributed by atoms with Crippen molar-refractivity contribution < 1.29 is 9.13 Å². The van der Waals surface area contributed by atoms with Gasteiger partial charge in [0.1, 0.15) is 5.75 Å². The molecule has 0 saturated carbocycles. The first-order valence-electron chi connectivity index (χ1n) is 5.78. The average Bonchev–Trinajstić information content (AvgIpc) is 2.46. The molecule has 3 aromatic rings. The van der Waals surface area contributed by atoms with E-state index in [1.54, 1.807) is 12.1 Å². The maximum Gasteiger partial charge on any atom is 0.260 e. The molecule has 0 fully saturated rings. The number of rotatable bonds is 2. The lowest BCUT2D eigenvalue weighted by molar-refractivity contribution is 0.425. The van der Waals surface area contributed by atoms with Crippen LogP contribution < -0.4 is 10.5 Å². The number of nitrogen functional groups attached to an aromatic ring is 1. The van der Waals surface area contributed by atoms with Crippen LogP contribution in [0.5, 0.6) is 11.6 Å². The molecule has 20 heavy (non-hydrogen) atoms. The van der Waals surface area contributed by atoms with E-state index < -0.39 is 5.82 Å². The van der Waals surface area contributed by atoms with Crippen LogP contribution in [0.1, 0.15) is 0 Å². The Bertz CT molecular complexity index is 794. The summed E-state index contributed by atoms with van der Waals surface area (Å²) in [4.78, 5) is 7.28. The number of hydrogen-bond donors (Lipinski definition) is 1. The van der Waals surface area contributed by atoms with E-state index in [1.807, 2.05) is 24.3 Å². The Hall–Kier alpha value is -2.40. The summed E-state index contributed by atoms with van der Waals surface area (Å²) in [7, 11) is 0. The first-order valence-corrected chi connectivity index (χ1v) is 6.16. The molecule has 6 heteroatoms. The quantitative estimate of drug-likeness (QED) is 0.779. The second-order valence-electron chi connectivity index (χ2n) is 4.07. The van der Waals surface area contributed by atoms with Gasteiger partial charge in [-0.05, 0) is 12.1 Å². The Morgan fingerprint density at radius 2 is 1.85 bits per heavy atom. The van der Waals surface area contributed by atoms with Gasteiger partial charge in [-0.25, -0.2) is 4.98 Å². The number of nitrogens with two attached hydrogens (primary N) is 1. The lowest BCUT2D eigenvalue weighted by atomic mass is 10.1. The summed E-state index contributed by atoms with van der Waals surface area (Å²) in [6, 6.07) is 10.7. The van der Waals surface area contributed by atoms with Gasteiger partial charge in [0.2, 0.25) is 11.8 Å². The van der Waals surface area contributed by atoms with Gasteiger partial charge in [-0.3, -0.25) is 0 Å². The molecule has 0 bridgehead atoms. The Kier molecular flexibility index (Phi) is 3.12. The summed E-state index contributed by atoms with van der Waals surface area (Å²) in [5, 5.41) is 2.17. The third-order valence-corrected chi connectivity index (χ3v) is 3.10. The summed E-state index contributed by atoms with van der Waals surface area (Å²) in [5.41, 5.74) is 5.43. The van der Waals surface area contributed by atoms with Gasteiger partial charge in [0, 0.05) is 15.8 Å². The van der Waals surface area contributed by atoms with Crippen molar-refractivity contribution in [2.24, 2.45) is 0 Å². The van der Waals surface area contributed by atoms with E-state index in [1.165, 1.54) is 0 Å². The highest BCUT2D eigenvalue weighted by Crippen LogP contribution is 2.34. The van der Waals surface area contributed by atoms with Crippen LogP contribution in [0.15, 0.2) is 42.6 Å². The molecule has 0 amide bonds. The molecule has 2 N–H and O–H groups in total. The van der Waals surface area contributed by atoms with Crippen molar-refractivity contribution in [1.29, 1.82) is 0 Å². The SMILES string of the molecule is Nc1ncc(F)c(Oc2ccc(Cl)c3ccccc23)n1. The highest BCUT2D eigenvalue weighted by Gasteiger charge is 2.11. The Labute approximate surface area is 119 Å². The van der Waals surface area contributed by atoms with Crippen molar-refractivity contribution in [2.75, 3.05) is 5.73 Å². The minimum atomic E-state index is -0.682. The second-order valence-corrected chi connectivity index (χ2v) is 4.48. The maximum atomic E-state index is 13.6. The van der Waals surface area contributed by atoms with Crippen LogP contribution >= 0.6 is 11.6 Å². The molecule has 4 nitrogen and oxygen atoms in total. The number of nitrogens with zero attached hydrogens (tertiary/aromatic N) is 2. The molecule has 0 unspecified atom stereocenters. The zero-order valence-corrected chi connectivity index (χ0v) is 10.9. The molecular weight excluding hydrogens is 281 g/mol. The fourth-order valence-corrected chi connectivity index (χ4v) is 2.09. The van der Waals surface area contributed by atoms with Crippen molar-refractivity contribution in [3.05, 3.63) is 53.4 Å². The first-order chi connectivity index (χ1) is 9.65. The summed E-state index contributed by atoms with van der Waals surface area (Å²) >= 11 is 6.11. The minimum absolute atomic E-state index is 0.0559. The van der Waals surface area contributed by atoms with Gasteiger partial charge >= 0.3 is 0 Å². The largest absolute Gasteiger partial charge is 0.436 e. The molecule has 1 aromatic heterocycles. The summed E-state index contributed by atoms with van der Waals surface area (Å²) < 4.78 is 19.1. The second kappa shape index (κ2) is 4.94. The fourth-order valence-electron chi connectivity index (χ4n) is 1.86. The van der Waals surface area contributed by atoms with Gasteiger partial charge in [-0.2, -0.15) is 9.37 Å². The van der Waals surface area contributed by atoms with E-state index in [0.717, 1.165) is 17.0 Å². The summed E-state index contributed by atoms with van der Waals surface area (Å²) in [6.45, 7) is 0. The Morgan fingerprint density at radius 3 is 2.65 bits per heavy atom. The van der Waals surface area contributed by atoms with Crippen LogP contribution in [-0.4, -0.2) is 9.97 Å². The zero-order valence-electron chi connectivity index (χ0n) is 10.2. The van der Waals surface area contributed by atoms with Crippen molar-refractivity contribution in [3.8, 4) is 11.6 Å². The van der Waals surface area contributed by atoms with Crippen LogP contribution in [0.3, 0.4) is 0 Å². The topological polar surface area (TPSA) is 61.0 Å². The molecule has 0 aliphatic rings. The third kappa shape index (κ3) is 2.23. The number of aromatic nitrogens is 2. The number of hydrogen-bond acceptors (Lipinski definition) is 4. The predicted molar refractivity (Wildman–Crippen MR) is 75.4 cm³/mol. The molecule has 3 rings (SSSR count). The Morgan fingerprint density at radius 1 is 1.10 bits per heavy atom. The highest BCUT2D eigenvalue weighted by molar-refractivity contribution is 6.35. The average molecular weight is 290 g/mol. The molecule has 0 aliphatic carbocycles. The predicted octanol–water partition coefficient (Wildman–Crippen LogP) is 3.80. The van der Waals surface area contributed by atoms with E-state index >= 15 is 0 Å². The zero-order chi connectivity index (χ0) is 14.1. The molecule has 0 saturated heterocycles. The molecule has 2 aromatic carbocycles. The molecule has 0 atom stereocenters. The van der Waals surface area contributed by atoms with Gasteiger partial charge in [-0.1, -0.05) is 35.9 Å². The first kappa shape index (κ1) is 12.6. The summed E-state index contributed by atoms with van der Waals surface area (Å²) in [5.74, 6) is -0.509. The van der Waals surface area contributed by atoms with E-state index in [0.29, 0.717) is 10.8 Å². The Balaban J connectivity index is 2.11. The van der Waals surface area contributed by atoms with Gasteiger partial charge in [-0.15, -0.1) is 0 Å². The van der Waals surface area contributed by atoms with E-state index in [2.05, 4.69) is 9.97 Å². The standard InChI is InChI=1S/C14H9ClFN3O/c15-10-5-6-12(9-4-2-1-3-8(9)10)20-13-11(16)7-18-14(17)19-13/h1-7H,(H2,17,18,19). The smallest absolute Gasteiger partial charge is 0.260 e. The maximum absolute atomic E-state index is 13.6. The van der Waals surface area contributed by atoms with E-state index in [4.69, 9.17) is 22.1 Å². The van der Waals surface area contributed by atoms with Crippen LogP contribution in [0.4, 0.5) is 10.3 Å². The van der Waals surface area contributed by atoms with Crippen LogP contribution in [0.2, 0.25) is 5.02 Å². The number of fused-ring (bicyclic) bond motifs is 1. The lowest BCUT2D eigenvalue weighted by Crippen LogP contribution is -1.99. The van der Waals surface area contributed by atoms with Gasteiger partial charge in [0.05, 0.1) is 6.20 Å². The van der Waals surface area contributed by atoms with Crippen molar-refractivity contribution in [3.63, 3.8) is 0 Å². The van der Waals surface area contributed by atoms with Crippen LogP contribution in [0, 0.1) is 5.82 Å². The number of halogens is 2. The molecular formula is C14H9ClFN3O. The molecule has 1 heterocycles. The number of benzene rings is 2.